The zero-order valence-electron chi connectivity index (χ0n) is 27.1. The molecule has 1 N–H and O–H groups in total. The maximum atomic E-state index is 14.1. The third-order valence-electron chi connectivity index (χ3n) is 9.30. The Balaban J connectivity index is 1.71. The Labute approximate surface area is 264 Å². The molecule has 4 unspecified atom stereocenters. The molecule has 44 heavy (non-hydrogen) atoms. The number of nitrogens with zero attached hydrogens (tertiary/aromatic N) is 1. The highest BCUT2D eigenvalue weighted by Gasteiger charge is 2.53. The molecular formula is C36H50N2O5Si. The summed E-state index contributed by atoms with van der Waals surface area (Å²) in [4.78, 5) is 42.4. The highest BCUT2D eigenvalue weighted by atomic mass is 28.4. The van der Waals surface area contributed by atoms with Gasteiger partial charge in [0.05, 0.1) is 13.0 Å². The fourth-order valence-corrected chi connectivity index (χ4v) is 11.7. The van der Waals surface area contributed by atoms with Gasteiger partial charge in [0.2, 0.25) is 11.8 Å². The molecule has 1 heterocycles. The minimum absolute atomic E-state index is 0.00548. The average molecular weight is 619 g/mol. The number of esters is 1. The maximum Gasteiger partial charge on any atom is 0.328 e. The quantitative estimate of drug-likeness (QED) is 0.290. The van der Waals surface area contributed by atoms with Crippen LogP contribution in [0.15, 0.2) is 72.8 Å². The first-order chi connectivity index (χ1) is 21.1. The highest BCUT2D eigenvalue weighted by Crippen LogP contribution is 2.41. The average Bonchev–Trinajstić information content (AvgIpc) is 3.03. The van der Waals surface area contributed by atoms with Crippen molar-refractivity contribution in [1.29, 1.82) is 0 Å². The van der Waals surface area contributed by atoms with Crippen LogP contribution in [0.5, 0.6) is 0 Å². The van der Waals surface area contributed by atoms with Gasteiger partial charge in [-0.05, 0) is 66.8 Å². The van der Waals surface area contributed by atoms with Crippen molar-refractivity contribution in [3.63, 3.8) is 0 Å². The van der Waals surface area contributed by atoms with Crippen LogP contribution >= 0.6 is 0 Å². The van der Waals surface area contributed by atoms with Gasteiger partial charge < -0.3 is 19.4 Å². The number of carbonyl (C=O) groups is 3. The molecule has 1 aliphatic carbocycles. The molecule has 2 aromatic rings. The van der Waals surface area contributed by atoms with E-state index >= 15 is 0 Å². The largest absolute Gasteiger partial charge is 0.467 e. The summed E-state index contributed by atoms with van der Waals surface area (Å²) >= 11 is 0. The van der Waals surface area contributed by atoms with E-state index in [1.54, 1.807) is 4.90 Å². The summed E-state index contributed by atoms with van der Waals surface area (Å²) in [6, 6.07) is 20.2. The molecule has 0 radical (unpaired) electrons. The van der Waals surface area contributed by atoms with Crippen LogP contribution in [0.1, 0.15) is 72.1 Å². The summed E-state index contributed by atoms with van der Waals surface area (Å²) in [7, 11) is 0.319. The van der Waals surface area contributed by atoms with Crippen molar-refractivity contribution in [1.82, 2.24) is 10.2 Å². The molecule has 0 bridgehead atoms. The van der Waals surface area contributed by atoms with Gasteiger partial charge in [0.25, 0.3) is 8.32 Å². The van der Waals surface area contributed by atoms with E-state index in [1.807, 2.05) is 19.2 Å². The molecule has 0 aromatic heterocycles. The Bertz CT molecular complexity index is 1240. The van der Waals surface area contributed by atoms with Crippen LogP contribution in [0, 0.1) is 11.8 Å². The number of rotatable bonds is 5. The van der Waals surface area contributed by atoms with Gasteiger partial charge in [0.15, 0.2) is 0 Å². The zero-order valence-corrected chi connectivity index (χ0v) is 28.1. The number of carbonyl (C=O) groups excluding carboxylic acids is 3. The summed E-state index contributed by atoms with van der Waals surface area (Å²) in [5, 5.41) is 5.14. The first-order valence-corrected chi connectivity index (χ1v) is 18.1. The van der Waals surface area contributed by atoms with E-state index in [9.17, 15) is 14.4 Å². The number of hydrogen-bond acceptors (Lipinski definition) is 5. The Morgan fingerprint density at radius 1 is 0.864 bits per heavy atom. The van der Waals surface area contributed by atoms with E-state index in [-0.39, 0.29) is 23.0 Å². The van der Waals surface area contributed by atoms with E-state index < -0.39 is 32.2 Å². The number of nitrogens with one attached hydrogen (secondary N) is 1. The van der Waals surface area contributed by atoms with E-state index in [0.29, 0.717) is 38.6 Å². The van der Waals surface area contributed by atoms with Crippen LogP contribution in [0.2, 0.25) is 5.04 Å². The van der Waals surface area contributed by atoms with Gasteiger partial charge >= 0.3 is 5.97 Å². The molecule has 0 spiro atoms. The van der Waals surface area contributed by atoms with Crippen LogP contribution in [-0.4, -0.2) is 63.8 Å². The second-order valence-corrected chi connectivity index (χ2v) is 17.6. The fraction of sp³-hybridized carbons (Fsp3) is 0.528. The number of ether oxygens (including phenoxy) is 1. The lowest BCUT2D eigenvalue weighted by Gasteiger charge is -2.47. The summed E-state index contributed by atoms with van der Waals surface area (Å²) < 4.78 is 12.5. The Hall–Kier alpha value is -3.23. The number of allylic oxidation sites excluding steroid dienone is 2. The van der Waals surface area contributed by atoms with E-state index in [0.717, 1.165) is 19.3 Å². The molecule has 1 aliphatic heterocycles. The summed E-state index contributed by atoms with van der Waals surface area (Å²) in [6.07, 6.45) is 9.51. The molecule has 2 aromatic carbocycles. The molecule has 8 heteroatoms. The lowest BCUT2D eigenvalue weighted by atomic mass is 9.76. The minimum atomic E-state index is -2.86. The highest BCUT2D eigenvalue weighted by molar-refractivity contribution is 6.99. The van der Waals surface area contributed by atoms with Crippen molar-refractivity contribution in [2.24, 2.45) is 11.8 Å². The normalized spacial score (nSPS) is 24.4. The van der Waals surface area contributed by atoms with E-state index in [1.165, 1.54) is 17.5 Å². The zero-order chi connectivity index (χ0) is 31.7. The van der Waals surface area contributed by atoms with Gasteiger partial charge in [-0.2, -0.15) is 0 Å². The number of hydrogen-bond donors (Lipinski definition) is 1. The number of fused-ring (bicyclic) bond motifs is 1. The molecule has 2 amide bonds. The van der Waals surface area contributed by atoms with Gasteiger partial charge in [-0.1, -0.05) is 93.6 Å². The number of amides is 2. The molecule has 4 atom stereocenters. The van der Waals surface area contributed by atoms with Gasteiger partial charge in [0.1, 0.15) is 6.04 Å². The number of benzene rings is 2. The van der Waals surface area contributed by atoms with Crippen LogP contribution in [0.3, 0.4) is 0 Å². The van der Waals surface area contributed by atoms with Crippen molar-refractivity contribution in [2.45, 2.75) is 89.3 Å². The van der Waals surface area contributed by atoms with Crippen molar-refractivity contribution in [2.75, 3.05) is 20.7 Å². The predicted octanol–water partition coefficient (Wildman–Crippen LogP) is 4.98. The Kier molecular flexibility index (Phi) is 11.6. The smallest absolute Gasteiger partial charge is 0.328 e. The predicted molar refractivity (Wildman–Crippen MR) is 177 cm³/mol. The van der Waals surface area contributed by atoms with Gasteiger partial charge in [-0.3, -0.25) is 9.59 Å². The van der Waals surface area contributed by atoms with E-state index in [2.05, 4.69) is 86.8 Å². The second kappa shape index (κ2) is 15.2. The van der Waals surface area contributed by atoms with Crippen molar-refractivity contribution in [3.8, 4) is 0 Å². The summed E-state index contributed by atoms with van der Waals surface area (Å²) in [5.41, 5.74) is 0. The van der Waals surface area contributed by atoms with Crippen molar-refractivity contribution >= 4 is 36.5 Å². The first-order valence-electron chi connectivity index (χ1n) is 16.2. The Morgan fingerprint density at radius 2 is 1.48 bits per heavy atom. The standard InChI is InChI=1S/C36H50N2O5Si/c1-36(2,3)44(28-18-12-10-13-19-28,29-20-14-11-15-21-29)43-27-23-24-30-31(26-27)33(39)37-32(35(41)42-5)22-16-8-6-7-9-17-25-38(4)34(30)40/h6,8,10-15,18-21,27,30-32H,7,9,16-17,22-26H2,1-5H3,(H,37,39). The molecule has 1 saturated carbocycles. The summed E-state index contributed by atoms with van der Waals surface area (Å²) in [6.45, 7) is 7.39. The SMILES string of the molecule is COC(=O)C1CCC=CCCCCN(C)C(=O)C2CCC(O[Si](c3ccccc3)(c3ccccc3)C(C)(C)C)CC2C(=O)N1. The molecule has 2 aliphatic rings. The van der Waals surface area contributed by atoms with Crippen LogP contribution < -0.4 is 15.7 Å². The third-order valence-corrected chi connectivity index (χ3v) is 14.4. The van der Waals surface area contributed by atoms with Crippen LogP contribution in [-0.2, 0) is 23.5 Å². The molecule has 7 nitrogen and oxygen atoms in total. The van der Waals surface area contributed by atoms with Gasteiger partial charge in [0, 0.05) is 25.6 Å². The van der Waals surface area contributed by atoms with Crippen LogP contribution in [0.25, 0.3) is 0 Å². The van der Waals surface area contributed by atoms with Crippen molar-refractivity contribution in [3.05, 3.63) is 72.8 Å². The van der Waals surface area contributed by atoms with E-state index in [4.69, 9.17) is 9.16 Å². The molecule has 0 saturated heterocycles. The lowest BCUT2D eigenvalue weighted by Crippen LogP contribution is -2.68. The Morgan fingerprint density at radius 3 is 2.07 bits per heavy atom. The molecule has 1 fully saturated rings. The molecule has 238 valence electrons. The molecular weight excluding hydrogens is 568 g/mol. The third kappa shape index (κ3) is 7.70. The monoisotopic (exact) mass is 618 g/mol. The lowest BCUT2D eigenvalue weighted by molar-refractivity contribution is -0.148. The minimum Gasteiger partial charge on any atom is -0.467 e. The first kappa shape index (κ1) is 33.7. The fourth-order valence-electron chi connectivity index (χ4n) is 6.94. The second-order valence-electron chi connectivity index (χ2n) is 13.3. The maximum absolute atomic E-state index is 14.1. The number of methoxy groups -OCH3 is 1. The van der Waals surface area contributed by atoms with Crippen LogP contribution in [0.4, 0.5) is 0 Å². The molecule has 4 rings (SSSR count). The van der Waals surface area contributed by atoms with Gasteiger partial charge in [-0.15, -0.1) is 0 Å². The van der Waals surface area contributed by atoms with Gasteiger partial charge in [-0.25, -0.2) is 4.79 Å². The summed E-state index contributed by atoms with van der Waals surface area (Å²) in [5.74, 6) is -1.84. The topological polar surface area (TPSA) is 84.9 Å². The van der Waals surface area contributed by atoms with Crippen molar-refractivity contribution < 1.29 is 23.5 Å².